The SMILES string of the molecule is CCC(C)N1CCN(C(=O)CC2CC2)CC1. The molecular formula is C13H24N2O. The van der Waals surface area contributed by atoms with Crippen LogP contribution in [0.3, 0.4) is 0 Å². The maximum atomic E-state index is 11.9. The summed E-state index contributed by atoms with van der Waals surface area (Å²) in [6.07, 6.45) is 4.57. The molecule has 92 valence electrons. The van der Waals surface area contributed by atoms with Crippen LogP contribution in [0.4, 0.5) is 0 Å². The molecule has 0 aromatic carbocycles. The molecule has 1 saturated carbocycles. The number of amides is 1. The molecule has 0 aromatic heterocycles. The van der Waals surface area contributed by atoms with Gasteiger partial charge in [0.25, 0.3) is 0 Å². The fraction of sp³-hybridized carbons (Fsp3) is 0.923. The standard InChI is InChI=1S/C13H24N2O/c1-3-11(2)14-6-8-15(9-7-14)13(16)10-12-4-5-12/h11-12H,3-10H2,1-2H3. The Bertz CT molecular complexity index is 242. The van der Waals surface area contributed by atoms with E-state index in [1.165, 1.54) is 19.3 Å². The largest absolute Gasteiger partial charge is 0.340 e. The fourth-order valence-corrected chi connectivity index (χ4v) is 2.37. The lowest BCUT2D eigenvalue weighted by molar-refractivity contribution is -0.133. The molecule has 2 aliphatic rings. The highest BCUT2D eigenvalue weighted by atomic mass is 16.2. The third-order valence-corrected chi connectivity index (χ3v) is 4.04. The highest BCUT2D eigenvalue weighted by Gasteiger charge is 2.29. The van der Waals surface area contributed by atoms with Gasteiger partial charge in [-0.3, -0.25) is 9.69 Å². The predicted molar refractivity (Wildman–Crippen MR) is 65.2 cm³/mol. The van der Waals surface area contributed by atoms with Crippen molar-refractivity contribution in [3.8, 4) is 0 Å². The summed E-state index contributed by atoms with van der Waals surface area (Å²) in [6, 6.07) is 0.667. The molecule has 3 heteroatoms. The Morgan fingerprint density at radius 1 is 1.25 bits per heavy atom. The van der Waals surface area contributed by atoms with Crippen molar-refractivity contribution in [1.29, 1.82) is 0 Å². The zero-order valence-corrected chi connectivity index (χ0v) is 10.6. The molecule has 3 nitrogen and oxygen atoms in total. The van der Waals surface area contributed by atoms with E-state index in [0.29, 0.717) is 11.9 Å². The van der Waals surface area contributed by atoms with Crippen molar-refractivity contribution in [2.24, 2.45) is 5.92 Å². The van der Waals surface area contributed by atoms with Gasteiger partial charge in [-0.15, -0.1) is 0 Å². The summed E-state index contributed by atoms with van der Waals surface area (Å²) in [6.45, 7) is 8.51. The van der Waals surface area contributed by atoms with Gasteiger partial charge in [-0.1, -0.05) is 6.92 Å². The molecule has 1 heterocycles. The molecule has 1 aliphatic heterocycles. The van der Waals surface area contributed by atoms with Crippen molar-refractivity contribution in [3.05, 3.63) is 0 Å². The van der Waals surface area contributed by atoms with Crippen molar-refractivity contribution >= 4 is 5.91 Å². The monoisotopic (exact) mass is 224 g/mol. The Kier molecular flexibility index (Phi) is 3.85. The lowest BCUT2D eigenvalue weighted by atomic mass is 10.1. The quantitative estimate of drug-likeness (QED) is 0.726. The molecule has 1 aliphatic carbocycles. The second-order valence-electron chi connectivity index (χ2n) is 5.32. The highest BCUT2D eigenvalue weighted by molar-refractivity contribution is 5.76. The molecule has 0 radical (unpaired) electrons. The number of piperazine rings is 1. The van der Waals surface area contributed by atoms with Crippen LogP contribution in [0.2, 0.25) is 0 Å². The second kappa shape index (κ2) is 5.17. The van der Waals surface area contributed by atoms with E-state index in [0.717, 1.165) is 38.5 Å². The maximum absolute atomic E-state index is 11.9. The van der Waals surface area contributed by atoms with Crippen LogP contribution in [0, 0.1) is 5.92 Å². The van der Waals surface area contributed by atoms with Gasteiger partial charge in [0, 0.05) is 38.6 Å². The van der Waals surface area contributed by atoms with Gasteiger partial charge in [0.2, 0.25) is 5.91 Å². The first-order valence-corrected chi connectivity index (χ1v) is 6.72. The van der Waals surface area contributed by atoms with E-state index in [1.807, 2.05) is 0 Å². The predicted octanol–water partition coefficient (Wildman–Crippen LogP) is 1.73. The van der Waals surface area contributed by atoms with Crippen molar-refractivity contribution in [1.82, 2.24) is 9.80 Å². The summed E-state index contributed by atoms with van der Waals surface area (Å²) in [7, 11) is 0. The van der Waals surface area contributed by atoms with Gasteiger partial charge in [0.1, 0.15) is 0 Å². The average molecular weight is 224 g/mol. The summed E-state index contributed by atoms with van der Waals surface area (Å²) in [5.41, 5.74) is 0. The summed E-state index contributed by atoms with van der Waals surface area (Å²) >= 11 is 0. The first-order valence-electron chi connectivity index (χ1n) is 6.72. The van der Waals surface area contributed by atoms with Crippen molar-refractivity contribution in [3.63, 3.8) is 0 Å². The van der Waals surface area contributed by atoms with E-state index in [-0.39, 0.29) is 0 Å². The molecule has 0 N–H and O–H groups in total. The lowest BCUT2D eigenvalue weighted by Crippen LogP contribution is -2.51. The van der Waals surface area contributed by atoms with Crippen LogP contribution in [0.25, 0.3) is 0 Å². The molecule has 1 unspecified atom stereocenters. The number of rotatable bonds is 4. The average Bonchev–Trinajstić information content (AvgIpc) is 3.12. The van der Waals surface area contributed by atoms with E-state index in [4.69, 9.17) is 0 Å². The molecule has 2 fully saturated rings. The fourth-order valence-electron chi connectivity index (χ4n) is 2.37. The molecule has 0 aromatic rings. The van der Waals surface area contributed by atoms with Gasteiger partial charge >= 0.3 is 0 Å². The highest BCUT2D eigenvalue weighted by Crippen LogP contribution is 2.32. The number of nitrogens with zero attached hydrogens (tertiary/aromatic N) is 2. The Labute approximate surface area is 98.8 Å². The van der Waals surface area contributed by atoms with Gasteiger partial charge in [-0.25, -0.2) is 0 Å². The minimum atomic E-state index is 0.395. The Morgan fingerprint density at radius 2 is 1.88 bits per heavy atom. The number of carbonyl (C=O) groups excluding carboxylic acids is 1. The molecule has 2 rings (SSSR count). The van der Waals surface area contributed by atoms with E-state index < -0.39 is 0 Å². The van der Waals surface area contributed by atoms with E-state index >= 15 is 0 Å². The van der Waals surface area contributed by atoms with Gasteiger partial charge in [0.05, 0.1) is 0 Å². The van der Waals surface area contributed by atoms with Crippen LogP contribution >= 0.6 is 0 Å². The van der Waals surface area contributed by atoms with Crippen molar-refractivity contribution < 1.29 is 4.79 Å². The van der Waals surface area contributed by atoms with Crippen LogP contribution in [-0.2, 0) is 4.79 Å². The minimum absolute atomic E-state index is 0.395. The van der Waals surface area contributed by atoms with Crippen LogP contribution in [0.1, 0.15) is 39.5 Å². The maximum Gasteiger partial charge on any atom is 0.222 e. The third kappa shape index (κ3) is 2.97. The third-order valence-electron chi connectivity index (χ3n) is 4.04. The summed E-state index contributed by atoms with van der Waals surface area (Å²) in [5.74, 6) is 1.12. The zero-order valence-electron chi connectivity index (χ0n) is 10.6. The van der Waals surface area contributed by atoms with Gasteiger partial charge in [-0.05, 0) is 32.1 Å². The van der Waals surface area contributed by atoms with Crippen LogP contribution in [0.5, 0.6) is 0 Å². The molecule has 1 saturated heterocycles. The first kappa shape index (κ1) is 11.9. The van der Waals surface area contributed by atoms with E-state index in [9.17, 15) is 4.79 Å². The van der Waals surface area contributed by atoms with Crippen molar-refractivity contribution in [2.45, 2.75) is 45.6 Å². The number of hydrogen-bond donors (Lipinski definition) is 0. The number of carbonyl (C=O) groups is 1. The number of hydrogen-bond acceptors (Lipinski definition) is 2. The van der Waals surface area contributed by atoms with Gasteiger partial charge in [-0.2, -0.15) is 0 Å². The van der Waals surface area contributed by atoms with Crippen LogP contribution in [-0.4, -0.2) is 47.9 Å². The molecule has 1 amide bonds. The molecular weight excluding hydrogens is 200 g/mol. The molecule has 0 spiro atoms. The van der Waals surface area contributed by atoms with Crippen LogP contribution < -0.4 is 0 Å². The summed E-state index contributed by atoms with van der Waals surface area (Å²) in [5, 5.41) is 0. The van der Waals surface area contributed by atoms with Gasteiger partial charge in [0.15, 0.2) is 0 Å². The van der Waals surface area contributed by atoms with E-state index in [2.05, 4.69) is 23.6 Å². The lowest BCUT2D eigenvalue weighted by Gasteiger charge is -2.37. The smallest absolute Gasteiger partial charge is 0.222 e. The second-order valence-corrected chi connectivity index (χ2v) is 5.32. The van der Waals surface area contributed by atoms with Gasteiger partial charge < -0.3 is 4.90 Å². The minimum Gasteiger partial charge on any atom is -0.340 e. The normalized spacial score (nSPS) is 24.5. The summed E-state index contributed by atoms with van der Waals surface area (Å²) < 4.78 is 0. The Hall–Kier alpha value is -0.570. The Balaban J connectivity index is 1.73. The summed E-state index contributed by atoms with van der Waals surface area (Å²) in [4.78, 5) is 16.5. The first-order chi connectivity index (χ1) is 7.70. The molecule has 0 bridgehead atoms. The zero-order chi connectivity index (χ0) is 11.5. The van der Waals surface area contributed by atoms with Crippen LogP contribution in [0.15, 0.2) is 0 Å². The van der Waals surface area contributed by atoms with E-state index in [1.54, 1.807) is 0 Å². The molecule has 1 atom stereocenters. The molecule has 16 heavy (non-hydrogen) atoms. The van der Waals surface area contributed by atoms with Crippen molar-refractivity contribution in [2.75, 3.05) is 26.2 Å². The Morgan fingerprint density at radius 3 is 2.38 bits per heavy atom. The topological polar surface area (TPSA) is 23.6 Å².